The van der Waals surface area contributed by atoms with Gasteiger partial charge in [-0.15, -0.1) is 0 Å². The second-order valence-corrected chi connectivity index (χ2v) is 12.5. The average Bonchev–Trinajstić information content (AvgIpc) is 3.47. The lowest BCUT2D eigenvalue weighted by molar-refractivity contribution is -0.261. The molecule has 0 radical (unpaired) electrons. The molecule has 5 nitrogen and oxygen atoms in total. The van der Waals surface area contributed by atoms with Crippen molar-refractivity contribution in [3.8, 4) is 0 Å². The third-order valence-electron chi connectivity index (χ3n) is 11.1. The van der Waals surface area contributed by atoms with Crippen molar-refractivity contribution in [3.05, 3.63) is 35.9 Å². The molecule has 0 N–H and O–H groups in total. The van der Waals surface area contributed by atoms with Crippen molar-refractivity contribution in [3.63, 3.8) is 0 Å². The predicted molar refractivity (Wildman–Crippen MR) is 134 cm³/mol. The molecule has 0 unspecified atom stereocenters. The molecule has 4 aliphatic carbocycles. The quantitative estimate of drug-likeness (QED) is 0.467. The van der Waals surface area contributed by atoms with Gasteiger partial charge in [-0.05, 0) is 79.6 Å². The first-order valence-electron chi connectivity index (χ1n) is 14.0. The van der Waals surface area contributed by atoms with E-state index in [0.29, 0.717) is 48.6 Å². The van der Waals surface area contributed by atoms with E-state index in [4.69, 9.17) is 23.7 Å². The average molecular weight is 485 g/mol. The van der Waals surface area contributed by atoms with Gasteiger partial charge in [0.05, 0.1) is 32.0 Å². The minimum absolute atomic E-state index is 0.0843. The highest BCUT2D eigenvalue weighted by molar-refractivity contribution is 5.16. The standard InChI is InChI=1S/C30H44O5/c1-28-12-9-23(33-20-31-3)17-22(28)18-26(32-19-21-7-5-4-6-8-21)27-24(28)10-13-29(2)25(27)11-14-30(29)34-15-16-35-30/h4-8,22-27H,9-20H2,1-3H3/t22-,23+,24+,25+,26-,27-,28+,29+/m1/s1. The molecule has 1 aromatic rings. The van der Waals surface area contributed by atoms with Crippen molar-refractivity contribution in [2.24, 2.45) is 34.5 Å². The second-order valence-electron chi connectivity index (χ2n) is 12.5. The Morgan fingerprint density at radius 2 is 1.66 bits per heavy atom. The summed E-state index contributed by atoms with van der Waals surface area (Å²) >= 11 is 0. The molecule has 194 valence electrons. The molecule has 1 aliphatic heterocycles. The Morgan fingerprint density at radius 1 is 0.886 bits per heavy atom. The summed E-state index contributed by atoms with van der Waals surface area (Å²) in [6.45, 7) is 7.66. The Morgan fingerprint density at radius 3 is 2.43 bits per heavy atom. The van der Waals surface area contributed by atoms with Crippen molar-refractivity contribution < 1.29 is 23.7 Å². The van der Waals surface area contributed by atoms with E-state index >= 15 is 0 Å². The molecular weight excluding hydrogens is 440 g/mol. The maximum Gasteiger partial charge on any atom is 0.174 e. The summed E-state index contributed by atoms with van der Waals surface area (Å²) in [6.07, 6.45) is 9.95. The van der Waals surface area contributed by atoms with E-state index in [-0.39, 0.29) is 17.3 Å². The smallest absolute Gasteiger partial charge is 0.174 e. The summed E-state index contributed by atoms with van der Waals surface area (Å²) < 4.78 is 31.0. The zero-order chi connectivity index (χ0) is 24.1. The van der Waals surface area contributed by atoms with Crippen LogP contribution in [0.3, 0.4) is 0 Å². The first-order valence-corrected chi connectivity index (χ1v) is 14.0. The predicted octanol–water partition coefficient (Wildman–Crippen LogP) is 5.96. The molecular formula is C30H44O5. The van der Waals surface area contributed by atoms with Crippen LogP contribution >= 0.6 is 0 Å². The van der Waals surface area contributed by atoms with Crippen molar-refractivity contribution in [2.75, 3.05) is 27.1 Å². The summed E-state index contributed by atoms with van der Waals surface area (Å²) in [5, 5.41) is 0. The van der Waals surface area contributed by atoms with Crippen molar-refractivity contribution in [1.29, 1.82) is 0 Å². The molecule has 8 atom stereocenters. The largest absolute Gasteiger partial charge is 0.373 e. The van der Waals surface area contributed by atoms with E-state index < -0.39 is 0 Å². The van der Waals surface area contributed by atoms with Crippen LogP contribution in [0.1, 0.15) is 70.8 Å². The minimum atomic E-state index is -0.365. The van der Waals surface area contributed by atoms with Gasteiger partial charge in [0, 0.05) is 18.9 Å². The fourth-order valence-electron chi connectivity index (χ4n) is 9.31. The third kappa shape index (κ3) is 3.92. The van der Waals surface area contributed by atoms with Crippen LogP contribution in [0.15, 0.2) is 30.3 Å². The maximum atomic E-state index is 6.91. The van der Waals surface area contributed by atoms with E-state index in [1.807, 2.05) is 0 Å². The Bertz CT molecular complexity index is 869. The van der Waals surface area contributed by atoms with Crippen LogP contribution in [0.4, 0.5) is 0 Å². The molecule has 5 heteroatoms. The van der Waals surface area contributed by atoms with Crippen LogP contribution in [0.25, 0.3) is 0 Å². The van der Waals surface area contributed by atoms with Crippen LogP contribution in [-0.4, -0.2) is 45.1 Å². The van der Waals surface area contributed by atoms with E-state index in [0.717, 1.165) is 38.9 Å². The van der Waals surface area contributed by atoms with Crippen LogP contribution in [-0.2, 0) is 30.3 Å². The highest BCUT2D eigenvalue weighted by atomic mass is 16.7. The molecule has 1 saturated heterocycles. The van der Waals surface area contributed by atoms with Crippen molar-refractivity contribution >= 4 is 0 Å². The van der Waals surface area contributed by atoms with Gasteiger partial charge in [-0.25, -0.2) is 0 Å². The maximum absolute atomic E-state index is 6.91. The molecule has 5 fully saturated rings. The zero-order valence-electron chi connectivity index (χ0n) is 21.9. The topological polar surface area (TPSA) is 46.2 Å². The molecule has 0 amide bonds. The monoisotopic (exact) mass is 484 g/mol. The fourth-order valence-corrected chi connectivity index (χ4v) is 9.31. The SMILES string of the molecule is COCO[C@H]1CC[C@@]2(C)[C@H](C1)C[C@@H](OCc1ccccc1)[C@@H]1[C@@H]2CC[C@@]2(C)[C@H]1CCC21OCCO1. The molecule has 1 spiro atoms. The molecule has 0 aromatic heterocycles. The van der Waals surface area contributed by atoms with E-state index in [2.05, 4.69) is 44.2 Å². The number of fused-ring (bicyclic) bond motifs is 6. The number of methoxy groups -OCH3 is 1. The van der Waals surface area contributed by atoms with Gasteiger partial charge < -0.3 is 23.7 Å². The molecule has 6 rings (SSSR count). The highest BCUT2D eigenvalue weighted by Crippen LogP contribution is 2.70. The molecule has 0 bridgehead atoms. The molecule has 5 aliphatic rings. The number of benzene rings is 1. The lowest BCUT2D eigenvalue weighted by Gasteiger charge is -2.63. The van der Waals surface area contributed by atoms with Crippen LogP contribution in [0.5, 0.6) is 0 Å². The van der Waals surface area contributed by atoms with Crippen molar-refractivity contribution in [2.45, 2.75) is 89.8 Å². The molecule has 1 heterocycles. The molecule has 1 aromatic carbocycles. The van der Waals surface area contributed by atoms with Gasteiger partial charge in [0.15, 0.2) is 5.79 Å². The first-order chi connectivity index (χ1) is 17.0. The summed E-state index contributed by atoms with van der Waals surface area (Å²) in [7, 11) is 1.72. The molecule has 4 saturated carbocycles. The lowest BCUT2D eigenvalue weighted by atomic mass is 9.44. The van der Waals surface area contributed by atoms with Gasteiger partial charge in [-0.3, -0.25) is 0 Å². The van der Waals surface area contributed by atoms with Gasteiger partial charge in [0.2, 0.25) is 0 Å². The van der Waals surface area contributed by atoms with Gasteiger partial charge in [-0.2, -0.15) is 0 Å². The van der Waals surface area contributed by atoms with Gasteiger partial charge in [0.25, 0.3) is 0 Å². The minimum Gasteiger partial charge on any atom is -0.373 e. The third-order valence-corrected chi connectivity index (χ3v) is 11.1. The number of ether oxygens (including phenoxy) is 5. The summed E-state index contributed by atoms with van der Waals surface area (Å²) in [4.78, 5) is 0. The normalized spacial score (nSPS) is 44.1. The van der Waals surface area contributed by atoms with Gasteiger partial charge in [0.1, 0.15) is 6.79 Å². The Balaban J connectivity index is 1.29. The van der Waals surface area contributed by atoms with Crippen LogP contribution in [0, 0.1) is 34.5 Å². The van der Waals surface area contributed by atoms with E-state index in [1.165, 1.54) is 31.2 Å². The van der Waals surface area contributed by atoms with E-state index in [9.17, 15) is 0 Å². The first kappa shape index (κ1) is 24.4. The fraction of sp³-hybridized carbons (Fsp3) is 0.800. The Hall–Kier alpha value is -0.980. The molecule has 35 heavy (non-hydrogen) atoms. The second kappa shape index (κ2) is 9.40. The van der Waals surface area contributed by atoms with Crippen molar-refractivity contribution in [1.82, 2.24) is 0 Å². The van der Waals surface area contributed by atoms with Crippen LogP contribution in [0.2, 0.25) is 0 Å². The number of hydrogen-bond acceptors (Lipinski definition) is 5. The Kier molecular flexibility index (Phi) is 6.54. The van der Waals surface area contributed by atoms with E-state index in [1.54, 1.807) is 7.11 Å². The van der Waals surface area contributed by atoms with Crippen LogP contribution < -0.4 is 0 Å². The lowest BCUT2D eigenvalue weighted by Crippen LogP contribution is -2.61. The van der Waals surface area contributed by atoms with Gasteiger partial charge in [-0.1, -0.05) is 44.2 Å². The summed E-state index contributed by atoms with van der Waals surface area (Å²) in [5.41, 5.74) is 1.71. The Labute approximate surface area is 211 Å². The van der Waals surface area contributed by atoms with Gasteiger partial charge >= 0.3 is 0 Å². The number of hydrogen-bond donors (Lipinski definition) is 0. The summed E-state index contributed by atoms with van der Waals surface area (Å²) in [6, 6.07) is 10.7. The highest BCUT2D eigenvalue weighted by Gasteiger charge is 2.69. The summed E-state index contributed by atoms with van der Waals surface area (Å²) in [5.74, 6) is 2.14. The zero-order valence-corrected chi connectivity index (χ0v) is 21.9. The number of rotatable bonds is 6.